The van der Waals surface area contributed by atoms with Gasteiger partial charge in [-0.25, -0.2) is 13.1 Å². The average Bonchev–Trinajstić information content (AvgIpc) is 2.92. The second kappa shape index (κ2) is 8.64. The summed E-state index contributed by atoms with van der Waals surface area (Å²) in [5.74, 6) is 0. The van der Waals surface area contributed by atoms with Gasteiger partial charge in [0.2, 0.25) is 10.0 Å². The van der Waals surface area contributed by atoms with Crippen LogP contribution in [0.4, 0.5) is 0 Å². The van der Waals surface area contributed by atoms with Crippen molar-refractivity contribution >= 4 is 17.1 Å². The van der Waals surface area contributed by atoms with Gasteiger partial charge in [0.25, 0.3) is 0 Å². The molecule has 4 N–H and O–H groups in total. The Balaban J connectivity index is 0.00000116. The van der Waals surface area contributed by atoms with Crippen LogP contribution < -0.4 is 10.5 Å². The third-order valence-electron chi connectivity index (χ3n) is 3.58. The summed E-state index contributed by atoms with van der Waals surface area (Å²) in [5.41, 5.74) is 5.67. The number of benzene rings is 1. The third-order valence-corrected chi connectivity index (χ3v) is 5.12. The Morgan fingerprint density at radius 3 is 2.41 bits per heavy atom. The molecule has 124 valence electrons. The van der Waals surface area contributed by atoms with Gasteiger partial charge in [0.1, 0.15) is 0 Å². The molecule has 1 fully saturated rings. The lowest BCUT2D eigenvalue weighted by Gasteiger charge is -2.23. The summed E-state index contributed by atoms with van der Waals surface area (Å²) in [6.45, 7) is 6.52. The van der Waals surface area contributed by atoms with Crippen LogP contribution in [0, 0.1) is 0 Å². The molecule has 2 rings (SSSR count). The van der Waals surface area contributed by atoms with E-state index in [-0.39, 0.29) is 17.0 Å². The molecule has 6 nitrogen and oxygen atoms in total. The number of nitrogens with one attached hydrogen (secondary N) is 1. The molecular formula is C14H26BN3O3S. The molecule has 2 atom stereocenters. The number of nitrogens with zero attached hydrogens (tertiary/aromatic N) is 1. The van der Waals surface area contributed by atoms with Crippen molar-refractivity contribution in [1.82, 2.24) is 9.53 Å². The molecule has 0 aliphatic carbocycles. The molecule has 8 heteroatoms. The number of rotatable bonds is 5. The van der Waals surface area contributed by atoms with Crippen molar-refractivity contribution in [3.05, 3.63) is 30.3 Å². The van der Waals surface area contributed by atoms with Crippen LogP contribution in [0.3, 0.4) is 0 Å². The van der Waals surface area contributed by atoms with Crippen LogP contribution >= 0.6 is 0 Å². The van der Waals surface area contributed by atoms with Crippen LogP contribution in [0.1, 0.15) is 20.3 Å². The molecule has 1 aromatic carbocycles. The molecule has 0 aromatic heterocycles. The molecule has 1 aliphatic heterocycles. The Morgan fingerprint density at radius 2 is 1.95 bits per heavy atom. The van der Waals surface area contributed by atoms with Gasteiger partial charge in [0.15, 0.2) is 0 Å². The van der Waals surface area contributed by atoms with E-state index in [1.807, 2.05) is 18.7 Å². The second-order valence-electron chi connectivity index (χ2n) is 5.09. The van der Waals surface area contributed by atoms with E-state index in [0.717, 1.165) is 0 Å². The molecule has 22 heavy (non-hydrogen) atoms. The minimum absolute atomic E-state index is 0.00141. The Bertz CT molecular complexity index is 540. The van der Waals surface area contributed by atoms with E-state index in [0.29, 0.717) is 19.5 Å². The van der Waals surface area contributed by atoms with E-state index in [2.05, 4.69) is 4.72 Å². The summed E-state index contributed by atoms with van der Waals surface area (Å²) in [6, 6.07) is 8.03. The predicted molar refractivity (Wildman–Crippen MR) is 89.9 cm³/mol. The van der Waals surface area contributed by atoms with E-state index in [9.17, 15) is 13.4 Å². The summed E-state index contributed by atoms with van der Waals surface area (Å²) in [5, 5.41) is 9.68. The number of nitrogens with two attached hydrogens (primary N) is 1. The molecule has 1 heterocycles. The lowest BCUT2D eigenvalue weighted by atomic mass is 9.84. The SMILES string of the molecule is CB(O)N1C[C@H](NS(=O)(=O)c2ccccc2)C[C@@H]1CN.CC. The fourth-order valence-corrected chi connectivity index (χ4v) is 3.86. The Labute approximate surface area is 133 Å². The number of hydrogen-bond acceptors (Lipinski definition) is 5. The minimum Gasteiger partial charge on any atom is -0.437 e. The van der Waals surface area contributed by atoms with Crippen molar-refractivity contribution in [2.45, 2.75) is 44.1 Å². The highest BCUT2D eigenvalue weighted by molar-refractivity contribution is 7.89. The van der Waals surface area contributed by atoms with Crippen molar-refractivity contribution in [3.63, 3.8) is 0 Å². The maximum absolute atomic E-state index is 12.2. The summed E-state index contributed by atoms with van der Waals surface area (Å²) < 4.78 is 27.2. The first-order valence-electron chi connectivity index (χ1n) is 7.65. The molecule has 1 saturated heterocycles. The molecule has 0 unspecified atom stereocenters. The topological polar surface area (TPSA) is 95.7 Å². The van der Waals surface area contributed by atoms with Gasteiger partial charge < -0.3 is 15.6 Å². The number of sulfonamides is 1. The number of hydrogen-bond donors (Lipinski definition) is 3. The predicted octanol–water partition coefficient (Wildman–Crippen LogP) is 0.503. The van der Waals surface area contributed by atoms with Crippen LogP contribution in [0.2, 0.25) is 6.82 Å². The van der Waals surface area contributed by atoms with Crippen LogP contribution in [0.25, 0.3) is 0 Å². The van der Waals surface area contributed by atoms with Crippen LogP contribution in [-0.2, 0) is 10.0 Å². The van der Waals surface area contributed by atoms with E-state index in [1.54, 1.807) is 37.2 Å². The Hall–Kier alpha value is -0.925. The molecule has 1 aromatic rings. The maximum Gasteiger partial charge on any atom is 0.376 e. The summed E-state index contributed by atoms with van der Waals surface area (Å²) in [4.78, 5) is 2.07. The van der Waals surface area contributed by atoms with Crippen molar-refractivity contribution in [2.75, 3.05) is 13.1 Å². The fraction of sp³-hybridized carbons (Fsp3) is 0.571. The van der Waals surface area contributed by atoms with Gasteiger partial charge in [-0.15, -0.1) is 0 Å². The van der Waals surface area contributed by atoms with Gasteiger partial charge in [0, 0.05) is 25.2 Å². The molecular weight excluding hydrogens is 301 g/mol. The zero-order chi connectivity index (χ0) is 16.8. The van der Waals surface area contributed by atoms with E-state index in [4.69, 9.17) is 5.73 Å². The summed E-state index contributed by atoms with van der Waals surface area (Å²) in [7, 11) is -4.15. The van der Waals surface area contributed by atoms with Crippen LogP contribution in [0.15, 0.2) is 35.2 Å². The van der Waals surface area contributed by atoms with Crippen molar-refractivity contribution in [3.8, 4) is 0 Å². The quantitative estimate of drug-likeness (QED) is 0.685. The minimum atomic E-state index is -3.52. The highest BCUT2D eigenvalue weighted by Gasteiger charge is 2.36. The van der Waals surface area contributed by atoms with Gasteiger partial charge in [0.05, 0.1) is 4.90 Å². The van der Waals surface area contributed by atoms with Gasteiger partial charge in [-0.1, -0.05) is 32.0 Å². The zero-order valence-electron chi connectivity index (χ0n) is 13.4. The fourth-order valence-electron chi connectivity index (χ4n) is 2.60. The molecule has 1 aliphatic rings. The molecule has 0 spiro atoms. The third kappa shape index (κ3) is 4.79. The largest absolute Gasteiger partial charge is 0.437 e. The molecule has 0 amide bonds. The lowest BCUT2D eigenvalue weighted by Crippen LogP contribution is -2.45. The first-order chi connectivity index (χ1) is 10.4. The van der Waals surface area contributed by atoms with Crippen molar-refractivity contribution in [2.24, 2.45) is 5.73 Å². The second-order valence-corrected chi connectivity index (χ2v) is 6.80. The monoisotopic (exact) mass is 327 g/mol. The molecule has 0 bridgehead atoms. The van der Waals surface area contributed by atoms with E-state index in [1.165, 1.54) is 0 Å². The first kappa shape index (κ1) is 19.1. The first-order valence-corrected chi connectivity index (χ1v) is 9.13. The standard InChI is InChI=1S/C12H20BN3O3S.C2H6/c1-13(17)16-9-10(7-11(16)8-14)15-20(18,19)12-5-3-2-4-6-12;1-2/h2-6,10-11,15,17H,7-9,14H2,1H3;1-2H3/t10-,11-;/m1./s1. The van der Waals surface area contributed by atoms with Gasteiger partial charge in [-0.3, -0.25) is 0 Å². The smallest absolute Gasteiger partial charge is 0.376 e. The molecule has 0 saturated carbocycles. The van der Waals surface area contributed by atoms with Gasteiger partial charge in [-0.2, -0.15) is 0 Å². The Kier molecular flexibility index (Phi) is 7.51. The van der Waals surface area contributed by atoms with Gasteiger partial charge in [-0.05, 0) is 25.4 Å². The zero-order valence-corrected chi connectivity index (χ0v) is 14.3. The summed E-state index contributed by atoms with van der Waals surface area (Å²) >= 11 is 0. The van der Waals surface area contributed by atoms with Crippen molar-refractivity contribution < 1.29 is 13.4 Å². The average molecular weight is 327 g/mol. The highest BCUT2D eigenvalue weighted by Crippen LogP contribution is 2.20. The highest BCUT2D eigenvalue weighted by atomic mass is 32.2. The van der Waals surface area contributed by atoms with Crippen molar-refractivity contribution in [1.29, 1.82) is 0 Å². The maximum atomic E-state index is 12.2. The molecule has 0 radical (unpaired) electrons. The normalized spacial score (nSPS) is 22.0. The van der Waals surface area contributed by atoms with Crippen LogP contribution in [0.5, 0.6) is 0 Å². The lowest BCUT2D eigenvalue weighted by molar-refractivity contribution is 0.348. The van der Waals surface area contributed by atoms with Crippen LogP contribution in [-0.4, -0.2) is 50.5 Å². The van der Waals surface area contributed by atoms with E-state index >= 15 is 0 Å². The Morgan fingerprint density at radius 1 is 1.36 bits per heavy atom. The van der Waals surface area contributed by atoms with Gasteiger partial charge >= 0.3 is 7.05 Å². The summed E-state index contributed by atoms with van der Waals surface area (Å²) in [6.07, 6.45) is 0.605. The van der Waals surface area contributed by atoms with E-state index < -0.39 is 17.1 Å².